The Hall–Kier alpha value is -2.12. The van der Waals surface area contributed by atoms with Crippen LogP contribution in [0.3, 0.4) is 0 Å². The fourth-order valence-corrected chi connectivity index (χ4v) is 9.59. The molecule has 0 unspecified atom stereocenters. The van der Waals surface area contributed by atoms with Gasteiger partial charge in [0, 0.05) is 25.1 Å². The molecule has 2 heterocycles. The molecule has 0 spiro atoms. The molecule has 214 valence electrons. The quantitative estimate of drug-likeness (QED) is 0.510. The maximum Gasteiger partial charge on any atom is 0.410 e. The first kappa shape index (κ1) is 27.1. The van der Waals surface area contributed by atoms with Crippen molar-refractivity contribution in [2.45, 2.75) is 95.6 Å². The van der Waals surface area contributed by atoms with Crippen LogP contribution in [0.2, 0.25) is 0 Å². The molecule has 1 aliphatic heterocycles. The Morgan fingerprint density at radius 3 is 2.64 bits per heavy atom. The number of aliphatic hydroxyl groups is 1. The van der Waals surface area contributed by atoms with Gasteiger partial charge in [-0.25, -0.2) is 9.59 Å². The number of ether oxygens (including phenoxy) is 1. The smallest absolute Gasteiger partial charge is 0.410 e. The Bertz CT molecular complexity index is 1150. The Morgan fingerprint density at radius 2 is 1.90 bits per heavy atom. The fraction of sp³-hybridized carbons (Fsp3) is 0.750. The van der Waals surface area contributed by atoms with Crippen LogP contribution in [-0.4, -0.2) is 65.9 Å². The molecule has 7 atom stereocenters. The summed E-state index contributed by atoms with van der Waals surface area (Å²) in [6, 6.07) is 3.49. The number of carbonyl (C=O) groups excluding carboxylic acids is 1. The molecule has 7 heteroatoms. The van der Waals surface area contributed by atoms with Crippen molar-refractivity contribution in [1.82, 2.24) is 9.80 Å². The monoisotopic (exact) mass is 538 g/mol. The summed E-state index contributed by atoms with van der Waals surface area (Å²) in [4.78, 5) is 28.6. The largest absolute Gasteiger partial charge is 0.448 e. The van der Waals surface area contributed by atoms with E-state index in [0.717, 1.165) is 76.6 Å². The zero-order valence-electron chi connectivity index (χ0n) is 24.0. The molecule has 0 bridgehead atoms. The topological polar surface area (TPSA) is 83.2 Å². The number of amides is 1. The number of carbonyl (C=O) groups is 1. The maximum atomic E-state index is 12.9. The van der Waals surface area contributed by atoms with Gasteiger partial charge in [0.25, 0.3) is 0 Å². The van der Waals surface area contributed by atoms with Gasteiger partial charge in [-0.05, 0) is 112 Å². The van der Waals surface area contributed by atoms with E-state index >= 15 is 0 Å². The number of fused-ring (bicyclic) bond motifs is 5. The second kappa shape index (κ2) is 10.1. The molecule has 6 rings (SSSR count). The van der Waals surface area contributed by atoms with Crippen LogP contribution in [0.1, 0.15) is 89.5 Å². The minimum absolute atomic E-state index is 0.0641. The second-order valence-corrected chi connectivity index (χ2v) is 13.6. The average molecular weight is 539 g/mol. The summed E-state index contributed by atoms with van der Waals surface area (Å²) in [5.74, 6) is 0.920. The van der Waals surface area contributed by atoms with Crippen molar-refractivity contribution in [3.8, 4) is 0 Å². The molecule has 5 aliphatic rings. The lowest BCUT2D eigenvalue weighted by Crippen LogP contribution is -2.60. The number of allylic oxidation sites excluding steroid dienone is 1. The van der Waals surface area contributed by atoms with Gasteiger partial charge < -0.3 is 19.2 Å². The van der Waals surface area contributed by atoms with Gasteiger partial charge in [-0.1, -0.05) is 25.5 Å². The molecule has 7 nitrogen and oxygen atoms in total. The van der Waals surface area contributed by atoms with E-state index in [1.165, 1.54) is 24.5 Å². The Labute approximate surface area is 232 Å². The molecule has 4 aliphatic carbocycles. The lowest BCUT2D eigenvalue weighted by molar-refractivity contribution is -0.177. The van der Waals surface area contributed by atoms with Gasteiger partial charge in [0.2, 0.25) is 0 Å². The van der Waals surface area contributed by atoms with Crippen molar-refractivity contribution in [2.75, 3.05) is 33.3 Å². The van der Waals surface area contributed by atoms with E-state index in [1.807, 2.05) is 13.1 Å². The number of hydrogen-bond donors (Lipinski definition) is 1. The van der Waals surface area contributed by atoms with Crippen molar-refractivity contribution >= 4 is 6.09 Å². The molecule has 1 aromatic heterocycles. The summed E-state index contributed by atoms with van der Waals surface area (Å²) >= 11 is 0. The van der Waals surface area contributed by atoms with Gasteiger partial charge in [-0.2, -0.15) is 0 Å². The number of hydrogen-bond acceptors (Lipinski definition) is 6. The molecule has 1 N–H and O–H groups in total. The van der Waals surface area contributed by atoms with Crippen LogP contribution in [0, 0.1) is 22.7 Å². The molecule has 4 fully saturated rings. The van der Waals surface area contributed by atoms with Crippen molar-refractivity contribution in [2.24, 2.45) is 22.7 Å². The van der Waals surface area contributed by atoms with E-state index in [1.54, 1.807) is 11.2 Å². The van der Waals surface area contributed by atoms with Crippen molar-refractivity contribution in [3.05, 3.63) is 46.0 Å². The van der Waals surface area contributed by atoms with E-state index in [0.29, 0.717) is 12.5 Å². The minimum atomic E-state index is -0.710. The van der Waals surface area contributed by atoms with Crippen LogP contribution in [0.25, 0.3) is 0 Å². The van der Waals surface area contributed by atoms with Crippen LogP contribution in [0.15, 0.2) is 39.3 Å². The predicted octanol–water partition coefficient (Wildman–Crippen LogP) is 5.33. The average Bonchev–Trinajstić information content (AvgIpc) is 3.54. The highest BCUT2D eigenvalue weighted by Gasteiger charge is 2.66. The number of likely N-dealkylation sites (N-methyl/N-ethyl adjacent to an activating group) is 1. The van der Waals surface area contributed by atoms with E-state index in [4.69, 9.17) is 9.15 Å². The van der Waals surface area contributed by atoms with Crippen LogP contribution >= 0.6 is 0 Å². The molecule has 1 amide bonds. The van der Waals surface area contributed by atoms with Crippen LogP contribution < -0.4 is 5.63 Å². The highest BCUT2D eigenvalue weighted by Crippen LogP contribution is 2.70. The summed E-state index contributed by atoms with van der Waals surface area (Å²) in [7, 11) is 1.88. The van der Waals surface area contributed by atoms with Gasteiger partial charge in [-0.15, -0.1) is 0 Å². The maximum absolute atomic E-state index is 12.9. The van der Waals surface area contributed by atoms with E-state index in [-0.39, 0.29) is 40.4 Å². The number of nitrogens with zero attached hydrogens (tertiary/aromatic N) is 2. The van der Waals surface area contributed by atoms with Crippen molar-refractivity contribution in [3.63, 3.8) is 0 Å². The number of likely N-dealkylation sites (tertiary alicyclic amines) is 1. The van der Waals surface area contributed by atoms with Crippen molar-refractivity contribution < 1.29 is 19.1 Å². The number of rotatable bonds is 5. The first-order valence-corrected chi connectivity index (χ1v) is 15.3. The Kier molecular flexibility index (Phi) is 6.98. The van der Waals surface area contributed by atoms with Gasteiger partial charge >= 0.3 is 11.7 Å². The summed E-state index contributed by atoms with van der Waals surface area (Å²) in [5.41, 5.74) is 1.33. The van der Waals surface area contributed by atoms with E-state index < -0.39 is 5.60 Å². The molecule has 1 saturated heterocycles. The predicted molar refractivity (Wildman–Crippen MR) is 149 cm³/mol. The summed E-state index contributed by atoms with van der Waals surface area (Å²) < 4.78 is 10.9. The molecular weight excluding hydrogens is 492 g/mol. The van der Waals surface area contributed by atoms with E-state index in [2.05, 4.69) is 24.8 Å². The van der Waals surface area contributed by atoms with E-state index in [9.17, 15) is 14.7 Å². The third kappa shape index (κ3) is 4.39. The van der Waals surface area contributed by atoms with Crippen LogP contribution in [0.4, 0.5) is 4.79 Å². The zero-order valence-corrected chi connectivity index (χ0v) is 24.0. The molecule has 1 aromatic rings. The lowest BCUT2D eigenvalue weighted by Gasteiger charge is -2.62. The zero-order chi connectivity index (χ0) is 27.4. The highest BCUT2D eigenvalue weighted by atomic mass is 16.6. The van der Waals surface area contributed by atoms with Gasteiger partial charge in [0.1, 0.15) is 6.61 Å². The summed E-state index contributed by atoms with van der Waals surface area (Å²) in [6.45, 7) is 8.21. The normalized spacial score (nSPS) is 39.8. The third-order valence-electron chi connectivity index (χ3n) is 12.0. The Morgan fingerprint density at radius 1 is 1.10 bits per heavy atom. The van der Waals surface area contributed by atoms with Crippen LogP contribution in [0.5, 0.6) is 0 Å². The lowest BCUT2D eigenvalue weighted by atomic mass is 9.45. The highest BCUT2D eigenvalue weighted by molar-refractivity contribution is 5.68. The van der Waals surface area contributed by atoms with Gasteiger partial charge in [-0.3, -0.25) is 4.90 Å². The molecule has 0 aromatic carbocycles. The SMILES string of the molecule is CN(C(=O)OCCN1CCCC1)[C@@H]1C=C2CC[C@@H]3[C@H](CC[C@]4(C)[C@@H](c5ccc(=O)oc5)CC[C@]34O)[C@@]2(C)CC1. The van der Waals surface area contributed by atoms with Crippen molar-refractivity contribution in [1.29, 1.82) is 0 Å². The van der Waals surface area contributed by atoms with Gasteiger partial charge in [0.05, 0.1) is 17.9 Å². The standard InChI is InChI=1S/C32H46N2O5/c1-30-13-10-24(33(3)29(36)38-19-18-34-16-4-5-17-34)20-23(30)7-8-27-26(30)11-14-31(2)25(12-15-32(27,31)37)22-6-9-28(35)39-21-22/h6,9,20-21,24-27,37H,4-5,7-8,10-19H2,1-3H3/t24-,25+,26-,27+,30-,31+,32-/m0/s1. The fourth-order valence-electron chi connectivity index (χ4n) is 9.59. The summed E-state index contributed by atoms with van der Waals surface area (Å²) in [6.07, 6.45) is 14.0. The first-order valence-electron chi connectivity index (χ1n) is 15.3. The molecule has 0 radical (unpaired) electrons. The second-order valence-electron chi connectivity index (χ2n) is 13.6. The molecule has 3 saturated carbocycles. The Balaban J connectivity index is 1.15. The molecular formula is C32H46N2O5. The summed E-state index contributed by atoms with van der Waals surface area (Å²) in [5, 5.41) is 12.4. The minimum Gasteiger partial charge on any atom is -0.448 e. The molecule has 39 heavy (non-hydrogen) atoms. The van der Waals surface area contributed by atoms with Crippen LogP contribution in [-0.2, 0) is 4.74 Å². The first-order chi connectivity index (χ1) is 18.7. The van der Waals surface area contributed by atoms with Gasteiger partial charge in [0.15, 0.2) is 0 Å². The third-order valence-corrected chi connectivity index (χ3v) is 12.0.